The number of carbonyl (C=O) groups is 2. The number of nitrogens with zero attached hydrogens (tertiary/aromatic N) is 2. The highest BCUT2D eigenvalue weighted by Gasteiger charge is 2.21. The number of nitro groups is 1. The van der Waals surface area contributed by atoms with Crippen LogP contribution in [-0.2, 0) is 5.75 Å². The predicted molar refractivity (Wildman–Crippen MR) is 130 cm³/mol. The summed E-state index contributed by atoms with van der Waals surface area (Å²) in [5.41, 5.74) is 1.36. The van der Waals surface area contributed by atoms with E-state index in [-0.39, 0.29) is 5.56 Å². The zero-order valence-electron chi connectivity index (χ0n) is 17.7. The first kappa shape index (κ1) is 23.2. The summed E-state index contributed by atoms with van der Waals surface area (Å²) >= 11 is 3.08. The number of carboxylic acid groups (broad SMARTS) is 1. The van der Waals surface area contributed by atoms with Gasteiger partial charge in [-0.15, -0.1) is 11.3 Å². The lowest BCUT2D eigenvalue weighted by Crippen LogP contribution is -2.16. The number of rotatable bonds is 8. The zero-order valence-corrected chi connectivity index (χ0v) is 19.3. The summed E-state index contributed by atoms with van der Waals surface area (Å²) in [5.74, 6) is -0.561. The fraction of sp³-hybridized carbons (Fsp3) is 0.0870. The van der Waals surface area contributed by atoms with Crippen LogP contribution >= 0.6 is 23.1 Å². The number of hydrogen-bond acceptors (Lipinski definition) is 8. The molecule has 0 unspecified atom stereocenters. The van der Waals surface area contributed by atoms with E-state index in [1.165, 1.54) is 11.3 Å². The first-order chi connectivity index (χ1) is 16.3. The molecule has 1 amide bonds. The fourth-order valence-corrected chi connectivity index (χ4v) is 5.19. The van der Waals surface area contributed by atoms with Crippen LogP contribution in [0.15, 0.2) is 65.0 Å². The van der Waals surface area contributed by atoms with Crippen LogP contribution in [0, 0.1) is 10.1 Å². The van der Waals surface area contributed by atoms with Crippen LogP contribution in [0.25, 0.3) is 10.2 Å². The third-order valence-corrected chi connectivity index (χ3v) is 7.07. The Balaban J connectivity index is 1.49. The Bertz CT molecular complexity index is 1400. The molecule has 9 nitrogen and oxygen atoms in total. The summed E-state index contributed by atoms with van der Waals surface area (Å²) in [7, 11) is 1.62. The smallest absolute Gasteiger partial charge is 0.336 e. The number of anilines is 1. The van der Waals surface area contributed by atoms with Gasteiger partial charge in [-0.1, -0.05) is 23.9 Å². The van der Waals surface area contributed by atoms with Crippen molar-refractivity contribution in [1.29, 1.82) is 0 Å². The van der Waals surface area contributed by atoms with Crippen molar-refractivity contribution in [3.8, 4) is 5.75 Å². The number of hydrogen-bond donors (Lipinski definition) is 2. The average molecular weight is 496 g/mol. The van der Waals surface area contributed by atoms with Crippen molar-refractivity contribution in [3.05, 3.63) is 87.5 Å². The van der Waals surface area contributed by atoms with Crippen LogP contribution in [0.4, 0.5) is 11.4 Å². The van der Waals surface area contributed by atoms with Gasteiger partial charge in [0.1, 0.15) is 5.75 Å². The standard InChI is InChI=1S/C23H17N3O6S2/c1-32-16-6-2-13(3-7-16)12-33-23-25-19-9-4-14(10-20(19)34-23)24-21(27)17-8-5-15(26(30)31)11-18(17)22(28)29/h2-11H,12H2,1H3,(H,24,27)(H,28,29). The van der Waals surface area contributed by atoms with Crippen LogP contribution in [0.2, 0.25) is 0 Å². The Hall–Kier alpha value is -3.96. The number of methoxy groups -OCH3 is 1. The Morgan fingerprint density at radius 3 is 2.56 bits per heavy atom. The van der Waals surface area contributed by atoms with Gasteiger partial charge in [0.2, 0.25) is 0 Å². The molecule has 0 saturated heterocycles. The van der Waals surface area contributed by atoms with Crippen LogP contribution < -0.4 is 10.1 Å². The third-order valence-electron chi connectivity index (χ3n) is 4.84. The lowest BCUT2D eigenvalue weighted by Gasteiger charge is -2.08. The summed E-state index contributed by atoms with van der Waals surface area (Å²) < 4.78 is 6.90. The van der Waals surface area contributed by atoms with E-state index in [1.54, 1.807) is 37.1 Å². The second kappa shape index (κ2) is 9.89. The molecule has 0 aliphatic carbocycles. The zero-order chi connectivity index (χ0) is 24.2. The highest BCUT2D eigenvalue weighted by Crippen LogP contribution is 2.33. The summed E-state index contributed by atoms with van der Waals surface area (Å²) in [6.07, 6.45) is 0. The van der Waals surface area contributed by atoms with Crippen molar-refractivity contribution < 1.29 is 24.4 Å². The molecular weight excluding hydrogens is 478 g/mol. The number of aromatic carboxylic acids is 1. The van der Waals surface area contributed by atoms with Crippen LogP contribution in [0.1, 0.15) is 26.3 Å². The van der Waals surface area contributed by atoms with Gasteiger partial charge < -0.3 is 15.2 Å². The SMILES string of the molecule is COc1ccc(CSc2nc3ccc(NC(=O)c4ccc([N+](=O)[O-])cc4C(=O)O)cc3s2)cc1. The van der Waals surface area contributed by atoms with E-state index in [1.807, 2.05) is 24.3 Å². The van der Waals surface area contributed by atoms with Gasteiger partial charge in [-0.05, 0) is 42.0 Å². The van der Waals surface area contributed by atoms with E-state index < -0.39 is 28.1 Å². The third kappa shape index (κ3) is 5.16. The molecule has 0 aliphatic rings. The van der Waals surface area contributed by atoms with Gasteiger partial charge in [0.15, 0.2) is 4.34 Å². The number of aromatic nitrogens is 1. The number of carboxylic acids is 1. The van der Waals surface area contributed by atoms with E-state index in [9.17, 15) is 24.8 Å². The molecule has 0 fully saturated rings. The van der Waals surface area contributed by atoms with Crippen LogP contribution in [-0.4, -0.2) is 34.0 Å². The Morgan fingerprint density at radius 2 is 1.88 bits per heavy atom. The van der Waals surface area contributed by atoms with Crippen molar-refractivity contribution >= 4 is 56.6 Å². The lowest BCUT2D eigenvalue weighted by molar-refractivity contribution is -0.384. The second-order valence-corrected chi connectivity index (χ2v) is 9.30. The first-order valence-electron chi connectivity index (χ1n) is 9.83. The summed E-state index contributed by atoms with van der Waals surface area (Å²) in [4.78, 5) is 39.0. The molecule has 4 aromatic rings. The number of thioether (sulfide) groups is 1. The van der Waals surface area contributed by atoms with Crippen LogP contribution in [0.5, 0.6) is 5.75 Å². The van der Waals surface area contributed by atoms with Gasteiger partial charge in [0.05, 0.1) is 33.4 Å². The molecule has 2 N–H and O–H groups in total. The number of amides is 1. The normalized spacial score (nSPS) is 10.7. The first-order valence-corrected chi connectivity index (χ1v) is 11.6. The highest BCUT2D eigenvalue weighted by atomic mass is 32.2. The van der Waals surface area contributed by atoms with Crippen molar-refractivity contribution in [2.45, 2.75) is 10.1 Å². The molecule has 34 heavy (non-hydrogen) atoms. The molecule has 0 aliphatic heterocycles. The summed E-state index contributed by atoms with van der Waals surface area (Å²) in [5, 5.41) is 23.0. The lowest BCUT2D eigenvalue weighted by atomic mass is 10.1. The summed E-state index contributed by atoms with van der Waals surface area (Å²) in [6, 6.07) is 16.1. The molecule has 0 radical (unpaired) electrons. The largest absolute Gasteiger partial charge is 0.497 e. The van der Waals surface area contributed by atoms with Gasteiger partial charge in [-0.2, -0.15) is 0 Å². The molecular formula is C23H17N3O6S2. The topological polar surface area (TPSA) is 132 Å². The molecule has 0 saturated carbocycles. The van der Waals surface area contributed by atoms with Crippen molar-refractivity contribution in [1.82, 2.24) is 4.98 Å². The monoisotopic (exact) mass is 495 g/mol. The van der Waals surface area contributed by atoms with Gasteiger partial charge in [-0.3, -0.25) is 14.9 Å². The number of fused-ring (bicyclic) bond motifs is 1. The molecule has 0 bridgehead atoms. The Kier molecular flexibility index (Phi) is 6.75. The van der Waals surface area contributed by atoms with E-state index >= 15 is 0 Å². The van der Waals surface area contributed by atoms with E-state index in [0.29, 0.717) is 5.69 Å². The van der Waals surface area contributed by atoms with Gasteiger partial charge in [0.25, 0.3) is 11.6 Å². The molecule has 0 spiro atoms. The minimum Gasteiger partial charge on any atom is -0.497 e. The van der Waals surface area contributed by atoms with E-state index in [4.69, 9.17) is 4.74 Å². The second-order valence-electron chi connectivity index (χ2n) is 7.05. The number of ether oxygens (including phenoxy) is 1. The predicted octanol–water partition coefficient (Wildman–Crippen LogP) is 5.46. The van der Waals surface area contributed by atoms with Gasteiger partial charge in [-0.25, -0.2) is 9.78 Å². The Morgan fingerprint density at radius 1 is 1.12 bits per heavy atom. The fourth-order valence-electron chi connectivity index (χ4n) is 3.13. The highest BCUT2D eigenvalue weighted by molar-refractivity contribution is 8.00. The maximum Gasteiger partial charge on any atom is 0.336 e. The molecule has 1 aromatic heterocycles. The number of thiazole rings is 1. The molecule has 3 aromatic carbocycles. The number of benzene rings is 3. The minimum absolute atomic E-state index is 0.168. The molecule has 11 heteroatoms. The maximum absolute atomic E-state index is 12.7. The minimum atomic E-state index is -1.43. The summed E-state index contributed by atoms with van der Waals surface area (Å²) in [6.45, 7) is 0. The number of nitrogens with one attached hydrogen (secondary N) is 1. The maximum atomic E-state index is 12.7. The Labute approximate surface area is 201 Å². The van der Waals surface area contributed by atoms with E-state index in [2.05, 4.69) is 10.3 Å². The number of carbonyl (C=O) groups excluding carboxylic acids is 1. The molecule has 172 valence electrons. The van der Waals surface area contributed by atoms with Gasteiger partial charge >= 0.3 is 5.97 Å². The van der Waals surface area contributed by atoms with Crippen LogP contribution in [0.3, 0.4) is 0 Å². The quantitative estimate of drug-likeness (QED) is 0.187. The number of nitro benzene ring substituents is 1. The van der Waals surface area contributed by atoms with Crippen molar-refractivity contribution in [3.63, 3.8) is 0 Å². The average Bonchev–Trinajstić information content (AvgIpc) is 3.24. The van der Waals surface area contributed by atoms with Crippen molar-refractivity contribution in [2.75, 3.05) is 12.4 Å². The number of non-ortho nitro benzene ring substituents is 1. The molecule has 1 heterocycles. The molecule has 4 rings (SSSR count). The van der Waals surface area contributed by atoms with E-state index in [0.717, 1.165) is 49.8 Å². The molecule has 0 atom stereocenters. The van der Waals surface area contributed by atoms with Crippen molar-refractivity contribution in [2.24, 2.45) is 0 Å². The van der Waals surface area contributed by atoms with Gasteiger partial charge in [0, 0.05) is 23.6 Å².